The van der Waals surface area contributed by atoms with Crippen molar-refractivity contribution in [1.29, 1.82) is 0 Å². The molecule has 3 aromatic rings. The van der Waals surface area contributed by atoms with Gasteiger partial charge in [0.2, 0.25) is 11.8 Å². The molecule has 0 saturated carbocycles. The molecule has 0 unspecified atom stereocenters. The number of ketones is 1. The topological polar surface area (TPSA) is 100 Å². The zero-order valence-corrected chi connectivity index (χ0v) is 16.2. The van der Waals surface area contributed by atoms with Gasteiger partial charge in [-0.1, -0.05) is 18.2 Å². The highest BCUT2D eigenvalue weighted by atomic mass is 16.5. The molecular formula is C22H23N3O4. The third kappa shape index (κ3) is 5.44. The SMILES string of the molecule is CCOc1ccc(C(=O)CCC(=O)NNC(=O)Cc2c[nH]c3ccccc23)cc1. The Hall–Kier alpha value is -3.61. The first kappa shape index (κ1) is 20.1. The molecule has 7 heteroatoms. The summed E-state index contributed by atoms with van der Waals surface area (Å²) in [6, 6.07) is 14.5. The molecule has 0 spiro atoms. The Bertz CT molecular complexity index is 1010. The van der Waals surface area contributed by atoms with Crippen LogP contribution in [0.25, 0.3) is 10.9 Å². The van der Waals surface area contributed by atoms with E-state index in [0.717, 1.165) is 16.5 Å². The number of H-pyrrole nitrogens is 1. The summed E-state index contributed by atoms with van der Waals surface area (Å²) in [5, 5.41) is 0.968. The number of carbonyl (C=O) groups excluding carboxylic acids is 3. The van der Waals surface area contributed by atoms with E-state index in [1.807, 2.05) is 31.2 Å². The molecule has 0 aliphatic carbocycles. The highest BCUT2D eigenvalue weighted by Crippen LogP contribution is 2.18. The van der Waals surface area contributed by atoms with Gasteiger partial charge in [-0.3, -0.25) is 25.2 Å². The fourth-order valence-electron chi connectivity index (χ4n) is 2.97. The van der Waals surface area contributed by atoms with Crippen molar-refractivity contribution in [1.82, 2.24) is 15.8 Å². The molecule has 3 N–H and O–H groups in total. The second kappa shape index (κ2) is 9.54. The van der Waals surface area contributed by atoms with Crippen LogP contribution in [0, 0.1) is 0 Å². The van der Waals surface area contributed by atoms with Gasteiger partial charge in [-0.15, -0.1) is 0 Å². The number of Topliss-reactive ketones (excluding diaryl/α,β-unsaturated/α-hetero) is 1. The molecule has 2 aromatic carbocycles. The summed E-state index contributed by atoms with van der Waals surface area (Å²) in [4.78, 5) is 39.3. The van der Waals surface area contributed by atoms with Gasteiger partial charge in [0.05, 0.1) is 13.0 Å². The smallest absolute Gasteiger partial charge is 0.242 e. The third-order valence-electron chi connectivity index (χ3n) is 4.43. The van der Waals surface area contributed by atoms with Gasteiger partial charge in [-0.2, -0.15) is 0 Å². The Kier molecular flexibility index (Phi) is 6.63. The molecule has 0 aliphatic heterocycles. The zero-order valence-electron chi connectivity index (χ0n) is 16.2. The normalized spacial score (nSPS) is 10.5. The predicted molar refractivity (Wildman–Crippen MR) is 109 cm³/mol. The molecule has 0 atom stereocenters. The van der Waals surface area contributed by atoms with Crippen molar-refractivity contribution < 1.29 is 19.1 Å². The van der Waals surface area contributed by atoms with Crippen molar-refractivity contribution in [2.45, 2.75) is 26.2 Å². The lowest BCUT2D eigenvalue weighted by atomic mass is 10.1. The highest BCUT2D eigenvalue weighted by molar-refractivity contribution is 5.98. The van der Waals surface area contributed by atoms with Gasteiger partial charge in [-0.25, -0.2) is 0 Å². The zero-order chi connectivity index (χ0) is 20.6. The van der Waals surface area contributed by atoms with Crippen molar-refractivity contribution in [2.75, 3.05) is 6.61 Å². The van der Waals surface area contributed by atoms with Crippen LogP contribution in [-0.4, -0.2) is 29.2 Å². The minimum absolute atomic E-state index is 0.0145. The van der Waals surface area contributed by atoms with Crippen LogP contribution in [-0.2, 0) is 16.0 Å². The molecule has 1 aromatic heterocycles. The van der Waals surface area contributed by atoms with E-state index in [4.69, 9.17) is 4.74 Å². The molecule has 0 aliphatic rings. The van der Waals surface area contributed by atoms with Crippen LogP contribution >= 0.6 is 0 Å². The van der Waals surface area contributed by atoms with Gasteiger partial charge in [0.15, 0.2) is 5.78 Å². The van der Waals surface area contributed by atoms with E-state index in [1.54, 1.807) is 30.5 Å². The first-order valence-corrected chi connectivity index (χ1v) is 9.45. The molecular weight excluding hydrogens is 370 g/mol. The average molecular weight is 393 g/mol. The number of aromatic nitrogens is 1. The molecule has 3 rings (SSSR count). The van der Waals surface area contributed by atoms with Crippen molar-refractivity contribution >= 4 is 28.5 Å². The molecule has 0 radical (unpaired) electrons. The standard InChI is InChI=1S/C22H23N3O4/c1-2-29-17-9-7-15(8-10-17)20(26)11-12-21(27)24-25-22(28)13-16-14-23-19-6-4-3-5-18(16)19/h3-10,14,23H,2,11-13H2,1H3,(H,24,27)(H,25,28). The number of hydrazine groups is 1. The molecule has 1 heterocycles. The lowest BCUT2D eigenvalue weighted by Gasteiger charge is -2.07. The minimum Gasteiger partial charge on any atom is -0.494 e. The maximum absolute atomic E-state index is 12.2. The van der Waals surface area contributed by atoms with Crippen LogP contribution in [0.4, 0.5) is 0 Å². The Balaban J connectivity index is 1.42. The fourth-order valence-corrected chi connectivity index (χ4v) is 2.97. The Morgan fingerprint density at radius 1 is 0.931 bits per heavy atom. The number of benzene rings is 2. The summed E-state index contributed by atoms with van der Waals surface area (Å²) in [6.45, 7) is 2.44. The molecule has 2 amide bonds. The van der Waals surface area contributed by atoms with Crippen LogP contribution in [0.2, 0.25) is 0 Å². The van der Waals surface area contributed by atoms with E-state index < -0.39 is 5.91 Å². The van der Waals surface area contributed by atoms with Crippen LogP contribution in [0.5, 0.6) is 5.75 Å². The lowest BCUT2D eigenvalue weighted by Crippen LogP contribution is -2.42. The van der Waals surface area contributed by atoms with Gasteiger partial charge in [-0.05, 0) is 42.8 Å². The Morgan fingerprint density at radius 2 is 1.66 bits per heavy atom. The van der Waals surface area contributed by atoms with Crippen LogP contribution in [0.1, 0.15) is 35.7 Å². The molecule has 0 bridgehead atoms. The van der Waals surface area contributed by atoms with Crippen LogP contribution in [0.3, 0.4) is 0 Å². The maximum Gasteiger partial charge on any atom is 0.242 e. The fraction of sp³-hybridized carbons (Fsp3) is 0.227. The molecule has 150 valence electrons. The van der Waals surface area contributed by atoms with Gasteiger partial charge < -0.3 is 9.72 Å². The molecule has 0 saturated heterocycles. The van der Waals surface area contributed by atoms with E-state index >= 15 is 0 Å². The summed E-state index contributed by atoms with van der Waals surface area (Å²) < 4.78 is 5.34. The van der Waals surface area contributed by atoms with E-state index in [2.05, 4.69) is 15.8 Å². The number of fused-ring (bicyclic) bond motifs is 1. The van der Waals surface area contributed by atoms with Crippen LogP contribution < -0.4 is 15.6 Å². The van der Waals surface area contributed by atoms with Gasteiger partial charge >= 0.3 is 0 Å². The summed E-state index contributed by atoms with van der Waals surface area (Å²) in [5.74, 6) is -0.203. The summed E-state index contributed by atoms with van der Waals surface area (Å²) in [5.41, 5.74) is 7.06. The number of ether oxygens (including phenoxy) is 1. The number of carbonyl (C=O) groups is 3. The lowest BCUT2D eigenvalue weighted by molar-refractivity contribution is -0.128. The van der Waals surface area contributed by atoms with Gasteiger partial charge in [0.25, 0.3) is 0 Å². The molecule has 0 fully saturated rings. The predicted octanol–water partition coefficient (Wildman–Crippen LogP) is 2.92. The number of para-hydroxylation sites is 1. The number of hydrogen-bond donors (Lipinski definition) is 3. The van der Waals surface area contributed by atoms with Gasteiger partial charge in [0.1, 0.15) is 5.75 Å². The summed E-state index contributed by atoms with van der Waals surface area (Å²) >= 11 is 0. The quantitative estimate of drug-likeness (QED) is 0.405. The van der Waals surface area contributed by atoms with Crippen molar-refractivity contribution in [2.24, 2.45) is 0 Å². The van der Waals surface area contributed by atoms with Gasteiger partial charge in [0, 0.05) is 35.5 Å². The average Bonchev–Trinajstić information content (AvgIpc) is 3.14. The molecule has 29 heavy (non-hydrogen) atoms. The maximum atomic E-state index is 12.2. The van der Waals surface area contributed by atoms with E-state index in [-0.39, 0.29) is 31.0 Å². The first-order chi connectivity index (χ1) is 14.1. The highest BCUT2D eigenvalue weighted by Gasteiger charge is 2.12. The van der Waals surface area contributed by atoms with E-state index in [9.17, 15) is 14.4 Å². The first-order valence-electron chi connectivity index (χ1n) is 9.45. The van der Waals surface area contributed by atoms with Crippen molar-refractivity contribution in [3.05, 3.63) is 65.9 Å². The van der Waals surface area contributed by atoms with E-state index in [1.165, 1.54) is 0 Å². The number of aromatic amines is 1. The Labute approximate surface area is 168 Å². The van der Waals surface area contributed by atoms with E-state index in [0.29, 0.717) is 17.9 Å². The number of nitrogens with one attached hydrogen (secondary N) is 3. The third-order valence-corrected chi connectivity index (χ3v) is 4.43. The minimum atomic E-state index is -0.420. The second-order valence-corrected chi connectivity index (χ2v) is 6.51. The Morgan fingerprint density at radius 3 is 2.41 bits per heavy atom. The molecule has 7 nitrogen and oxygen atoms in total. The second-order valence-electron chi connectivity index (χ2n) is 6.51. The van der Waals surface area contributed by atoms with Crippen molar-refractivity contribution in [3.8, 4) is 5.75 Å². The number of hydrogen-bond acceptors (Lipinski definition) is 4. The number of rotatable bonds is 8. The van der Waals surface area contributed by atoms with Crippen LogP contribution in [0.15, 0.2) is 54.7 Å². The largest absolute Gasteiger partial charge is 0.494 e. The summed E-state index contributed by atoms with van der Waals surface area (Å²) in [7, 11) is 0. The summed E-state index contributed by atoms with van der Waals surface area (Å²) in [6.07, 6.45) is 1.95. The number of amides is 2. The monoisotopic (exact) mass is 393 g/mol. The van der Waals surface area contributed by atoms with Crippen molar-refractivity contribution in [3.63, 3.8) is 0 Å².